The van der Waals surface area contributed by atoms with E-state index in [1.54, 1.807) is 42.0 Å². The lowest BCUT2D eigenvalue weighted by Crippen LogP contribution is -2.12. The first-order chi connectivity index (χ1) is 11.1. The second kappa shape index (κ2) is 6.50. The van der Waals surface area contributed by atoms with E-state index < -0.39 is 0 Å². The molecule has 0 saturated carbocycles. The number of ketones is 1. The zero-order chi connectivity index (χ0) is 16.2. The highest BCUT2D eigenvalue weighted by atomic mass is 32.1. The van der Waals surface area contributed by atoms with Crippen LogP contribution in [0.4, 0.5) is 5.69 Å². The lowest BCUT2D eigenvalue weighted by molar-refractivity contribution is 0.101. The van der Waals surface area contributed by atoms with E-state index in [-0.39, 0.29) is 11.7 Å². The van der Waals surface area contributed by atoms with Crippen LogP contribution < -0.4 is 5.32 Å². The number of amides is 1. The smallest absolute Gasteiger partial charge is 0.275 e. The Morgan fingerprint density at radius 1 is 1.13 bits per heavy atom. The molecule has 0 aliphatic heterocycles. The van der Waals surface area contributed by atoms with Crippen molar-refractivity contribution in [3.05, 3.63) is 65.4 Å². The number of anilines is 1. The molecule has 3 rings (SSSR count). The van der Waals surface area contributed by atoms with Gasteiger partial charge in [-0.05, 0) is 43.3 Å². The quantitative estimate of drug-likeness (QED) is 0.744. The van der Waals surface area contributed by atoms with Crippen LogP contribution in [0.15, 0.2) is 54.2 Å². The molecule has 1 N–H and O–H groups in total. The van der Waals surface area contributed by atoms with E-state index in [1.807, 2.05) is 12.1 Å². The fourth-order valence-corrected chi connectivity index (χ4v) is 2.77. The number of hydrogen-bond donors (Lipinski definition) is 1. The average Bonchev–Trinajstić information content (AvgIpc) is 3.06. The largest absolute Gasteiger partial charge is 0.321 e. The van der Waals surface area contributed by atoms with Crippen molar-refractivity contribution in [3.8, 4) is 10.6 Å². The van der Waals surface area contributed by atoms with E-state index in [2.05, 4.69) is 15.3 Å². The van der Waals surface area contributed by atoms with Crippen LogP contribution in [0.1, 0.15) is 27.8 Å². The highest BCUT2D eigenvalue weighted by molar-refractivity contribution is 7.13. The van der Waals surface area contributed by atoms with Gasteiger partial charge in [-0.1, -0.05) is 0 Å². The predicted molar refractivity (Wildman–Crippen MR) is 89.7 cm³/mol. The lowest BCUT2D eigenvalue weighted by atomic mass is 10.1. The van der Waals surface area contributed by atoms with Crippen molar-refractivity contribution in [1.82, 2.24) is 9.97 Å². The summed E-state index contributed by atoms with van der Waals surface area (Å²) < 4.78 is 0. The first kappa shape index (κ1) is 15.1. The molecule has 0 fully saturated rings. The van der Waals surface area contributed by atoms with Crippen molar-refractivity contribution in [2.75, 3.05) is 5.32 Å². The molecule has 0 aliphatic carbocycles. The number of aromatic nitrogens is 2. The standard InChI is InChI=1S/C17H13N3O2S/c1-11(21)12-4-6-14(7-5-12)19-16(22)15-10-23-17(20-15)13-3-2-8-18-9-13/h2-10H,1H3,(H,19,22). The van der Waals surface area contributed by atoms with E-state index in [0.717, 1.165) is 10.6 Å². The van der Waals surface area contributed by atoms with Crippen molar-refractivity contribution in [2.24, 2.45) is 0 Å². The lowest BCUT2D eigenvalue weighted by Gasteiger charge is -2.03. The highest BCUT2D eigenvalue weighted by Gasteiger charge is 2.12. The summed E-state index contributed by atoms with van der Waals surface area (Å²) in [6.07, 6.45) is 3.40. The Morgan fingerprint density at radius 3 is 2.57 bits per heavy atom. The van der Waals surface area contributed by atoms with Crippen LogP contribution in [0.5, 0.6) is 0 Å². The minimum absolute atomic E-state index is 0.0107. The van der Waals surface area contributed by atoms with Gasteiger partial charge in [-0.25, -0.2) is 4.98 Å². The van der Waals surface area contributed by atoms with Crippen LogP contribution in [0.25, 0.3) is 10.6 Å². The van der Waals surface area contributed by atoms with Gasteiger partial charge in [0.1, 0.15) is 10.7 Å². The van der Waals surface area contributed by atoms with Gasteiger partial charge in [0.15, 0.2) is 5.78 Å². The number of rotatable bonds is 4. The van der Waals surface area contributed by atoms with E-state index in [1.165, 1.54) is 18.3 Å². The third kappa shape index (κ3) is 3.49. The SMILES string of the molecule is CC(=O)c1ccc(NC(=O)c2csc(-c3cccnc3)n2)cc1. The maximum Gasteiger partial charge on any atom is 0.275 e. The topological polar surface area (TPSA) is 72.0 Å². The van der Waals surface area contributed by atoms with Crippen LogP contribution in [0.3, 0.4) is 0 Å². The summed E-state index contributed by atoms with van der Waals surface area (Å²) in [5.74, 6) is -0.296. The average molecular weight is 323 g/mol. The van der Waals surface area contributed by atoms with Gasteiger partial charge in [-0.3, -0.25) is 14.6 Å². The molecule has 2 aromatic heterocycles. The number of Topliss-reactive ketones (excluding diaryl/α,β-unsaturated/α-hetero) is 1. The number of nitrogens with one attached hydrogen (secondary N) is 1. The molecular weight excluding hydrogens is 310 g/mol. The van der Waals surface area contributed by atoms with E-state index in [4.69, 9.17) is 0 Å². The Hall–Kier alpha value is -2.86. The molecule has 6 heteroatoms. The Morgan fingerprint density at radius 2 is 1.91 bits per heavy atom. The molecular formula is C17H13N3O2S. The molecule has 0 bridgehead atoms. The summed E-state index contributed by atoms with van der Waals surface area (Å²) >= 11 is 1.39. The molecule has 1 aromatic carbocycles. The van der Waals surface area contributed by atoms with Gasteiger partial charge >= 0.3 is 0 Å². The summed E-state index contributed by atoms with van der Waals surface area (Å²) in [7, 11) is 0. The number of nitrogens with zero attached hydrogens (tertiary/aromatic N) is 2. The van der Waals surface area contributed by atoms with Crippen LogP contribution in [-0.2, 0) is 0 Å². The molecule has 0 radical (unpaired) electrons. The molecule has 0 atom stereocenters. The zero-order valence-corrected chi connectivity index (χ0v) is 13.1. The number of thiazole rings is 1. The minimum Gasteiger partial charge on any atom is -0.321 e. The molecule has 1 amide bonds. The third-order valence-electron chi connectivity index (χ3n) is 3.19. The first-order valence-electron chi connectivity index (χ1n) is 6.92. The van der Waals surface area contributed by atoms with Gasteiger partial charge in [0, 0.05) is 34.6 Å². The second-order valence-electron chi connectivity index (χ2n) is 4.87. The highest BCUT2D eigenvalue weighted by Crippen LogP contribution is 2.23. The van der Waals surface area contributed by atoms with Crippen molar-refractivity contribution >= 4 is 28.7 Å². The number of pyridine rings is 1. The van der Waals surface area contributed by atoms with Crippen LogP contribution in [-0.4, -0.2) is 21.7 Å². The zero-order valence-electron chi connectivity index (χ0n) is 12.3. The molecule has 114 valence electrons. The van der Waals surface area contributed by atoms with Gasteiger partial charge in [0.25, 0.3) is 5.91 Å². The van der Waals surface area contributed by atoms with Crippen molar-refractivity contribution in [3.63, 3.8) is 0 Å². The Labute approximate surface area is 137 Å². The van der Waals surface area contributed by atoms with E-state index in [0.29, 0.717) is 16.9 Å². The van der Waals surface area contributed by atoms with Crippen molar-refractivity contribution < 1.29 is 9.59 Å². The number of hydrogen-bond acceptors (Lipinski definition) is 5. The van der Waals surface area contributed by atoms with E-state index in [9.17, 15) is 9.59 Å². The van der Waals surface area contributed by atoms with Gasteiger partial charge in [0.05, 0.1) is 0 Å². The van der Waals surface area contributed by atoms with Crippen molar-refractivity contribution in [1.29, 1.82) is 0 Å². The molecule has 3 aromatic rings. The summed E-state index contributed by atoms with van der Waals surface area (Å²) in [5.41, 5.74) is 2.46. The predicted octanol–water partition coefficient (Wildman–Crippen LogP) is 3.66. The third-order valence-corrected chi connectivity index (χ3v) is 4.09. The number of carbonyl (C=O) groups excluding carboxylic acids is 2. The minimum atomic E-state index is -0.285. The summed E-state index contributed by atoms with van der Waals surface area (Å²) in [4.78, 5) is 31.8. The Kier molecular flexibility index (Phi) is 4.25. The maximum absolute atomic E-state index is 12.2. The fraction of sp³-hybridized carbons (Fsp3) is 0.0588. The first-order valence-corrected chi connectivity index (χ1v) is 7.80. The summed E-state index contributed by atoms with van der Waals surface area (Å²) in [6.45, 7) is 1.50. The monoisotopic (exact) mass is 323 g/mol. The maximum atomic E-state index is 12.2. The van der Waals surface area contributed by atoms with Gasteiger partial charge in [0.2, 0.25) is 0 Å². The number of carbonyl (C=O) groups is 2. The van der Waals surface area contributed by atoms with Gasteiger partial charge < -0.3 is 5.32 Å². The molecule has 0 saturated heterocycles. The molecule has 0 spiro atoms. The molecule has 0 unspecified atom stereocenters. The second-order valence-corrected chi connectivity index (χ2v) is 5.73. The molecule has 23 heavy (non-hydrogen) atoms. The fourth-order valence-electron chi connectivity index (χ4n) is 1.98. The summed E-state index contributed by atoms with van der Waals surface area (Å²) in [5, 5.41) is 5.22. The van der Waals surface area contributed by atoms with Gasteiger partial charge in [-0.2, -0.15) is 0 Å². The van der Waals surface area contributed by atoms with Gasteiger partial charge in [-0.15, -0.1) is 11.3 Å². The molecule has 0 aliphatic rings. The van der Waals surface area contributed by atoms with Crippen LogP contribution in [0, 0.1) is 0 Å². The Balaban J connectivity index is 1.74. The normalized spacial score (nSPS) is 10.3. The summed E-state index contributed by atoms with van der Waals surface area (Å²) in [6, 6.07) is 10.5. The van der Waals surface area contributed by atoms with Crippen molar-refractivity contribution in [2.45, 2.75) is 6.92 Å². The van der Waals surface area contributed by atoms with E-state index >= 15 is 0 Å². The molecule has 5 nitrogen and oxygen atoms in total. The van der Waals surface area contributed by atoms with Crippen LogP contribution >= 0.6 is 11.3 Å². The number of benzene rings is 1. The molecule has 2 heterocycles. The Bertz CT molecular complexity index is 842. The van der Waals surface area contributed by atoms with Crippen LogP contribution in [0.2, 0.25) is 0 Å².